The third-order valence-electron chi connectivity index (χ3n) is 3.69. The molecule has 26 heavy (non-hydrogen) atoms. The molecule has 1 rings (SSSR count). The average Bonchev–Trinajstić information content (AvgIpc) is 2.58. The van der Waals surface area contributed by atoms with Crippen LogP contribution < -0.4 is 15.4 Å². The Labute approximate surface area is 157 Å². The van der Waals surface area contributed by atoms with Crippen LogP contribution in [0.2, 0.25) is 5.02 Å². The number of hydrogen-bond acceptors (Lipinski definition) is 5. The van der Waals surface area contributed by atoms with Crippen LogP contribution >= 0.6 is 11.6 Å². The van der Waals surface area contributed by atoms with E-state index >= 15 is 0 Å². The van der Waals surface area contributed by atoms with E-state index in [0.29, 0.717) is 16.5 Å². The minimum atomic E-state index is -1.11. The van der Waals surface area contributed by atoms with Crippen LogP contribution in [0, 0.1) is 0 Å². The van der Waals surface area contributed by atoms with Crippen LogP contribution in [0.3, 0.4) is 0 Å². The molecule has 0 radical (unpaired) electrons. The van der Waals surface area contributed by atoms with E-state index in [4.69, 9.17) is 16.3 Å². The standard InChI is InChI=1S/C17H24ClN3O5/c1-11(17(24)25)21(9-8-19-12(2)22)16(23)6-7-20-14-10-13(18)4-5-15(14)26-3/h4-5,10-11,20H,6-9H2,1-3H3,(H,19,22)(H,24,25). The first-order chi connectivity index (χ1) is 12.3. The number of hydrogen-bond donors (Lipinski definition) is 3. The summed E-state index contributed by atoms with van der Waals surface area (Å²) in [5, 5.41) is 15.3. The van der Waals surface area contributed by atoms with Crippen molar-refractivity contribution >= 4 is 35.1 Å². The van der Waals surface area contributed by atoms with Crippen LogP contribution in [-0.4, -0.2) is 60.6 Å². The maximum atomic E-state index is 12.4. The summed E-state index contributed by atoms with van der Waals surface area (Å²) in [5.74, 6) is -1.09. The molecule has 144 valence electrons. The molecule has 0 bridgehead atoms. The number of rotatable bonds is 10. The summed E-state index contributed by atoms with van der Waals surface area (Å²) in [7, 11) is 1.53. The summed E-state index contributed by atoms with van der Waals surface area (Å²) < 4.78 is 5.22. The summed E-state index contributed by atoms with van der Waals surface area (Å²) in [6.07, 6.45) is 0.0767. The Morgan fingerprint density at radius 2 is 2.00 bits per heavy atom. The van der Waals surface area contributed by atoms with Gasteiger partial charge >= 0.3 is 5.97 Å². The second-order valence-corrected chi connectivity index (χ2v) is 6.04. The van der Waals surface area contributed by atoms with Gasteiger partial charge in [-0.05, 0) is 25.1 Å². The van der Waals surface area contributed by atoms with Gasteiger partial charge in [0.15, 0.2) is 0 Å². The van der Waals surface area contributed by atoms with Crippen molar-refractivity contribution in [2.45, 2.75) is 26.3 Å². The van der Waals surface area contributed by atoms with E-state index in [9.17, 15) is 19.5 Å². The molecule has 0 aliphatic rings. The van der Waals surface area contributed by atoms with Gasteiger partial charge in [-0.25, -0.2) is 4.79 Å². The highest BCUT2D eigenvalue weighted by Gasteiger charge is 2.24. The molecule has 8 nitrogen and oxygen atoms in total. The Kier molecular flexibility index (Phi) is 8.71. The number of amides is 2. The molecular weight excluding hydrogens is 362 g/mol. The smallest absolute Gasteiger partial charge is 0.326 e. The number of nitrogens with zero attached hydrogens (tertiary/aromatic N) is 1. The number of aliphatic carboxylic acids is 1. The van der Waals surface area contributed by atoms with Gasteiger partial charge in [0, 0.05) is 38.0 Å². The van der Waals surface area contributed by atoms with Gasteiger partial charge in [0.25, 0.3) is 0 Å². The Morgan fingerprint density at radius 3 is 2.58 bits per heavy atom. The monoisotopic (exact) mass is 385 g/mol. The van der Waals surface area contributed by atoms with Gasteiger partial charge in [0.1, 0.15) is 11.8 Å². The van der Waals surface area contributed by atoms with Crippen molar-refractivity contribution in [1.82, 2.24) is 10.2 Å². The molecule has 0 saturated carbocycles. The predicted octanol–water partition coefficient (Wildman–Crippen LogP) is 1.59. The van der Waals surface area contributed by atoms with Crippen molar-refractivity contribution in [3.8, 4) is 5.75 Å². The van der Waals surface area contributed by atoms with Crippen molar-refractivity contribution in [3.63, 3.8) is 0 Å². The van der Waals surface area contributed by atoms with Gasteiger partial charge in [0.05, 0.1) is 12.8 Å². The number of carbonyl (C=O) groups is 3. The van der Waals surface area contributed by atoms with Crippen LogP contribution in [-0.2, 0) is 14.4 Å². The maximum Gasteiger partial charge on any atom is 0.326 e. The number of halogens is 1. The van der Waals surface area contributed by atoms with Crippen LogP contribution in [0.5, 0.6) is 5.75 Å². The topological polar surface area (TPSA) is 108 Å². The Hall–Kier alpha value is -2.48. The van der Waals surface area contributed by atoms with Gasteiger partial charge in [-0.1, -0.05) is 11.6 Å². The van der Waals surface area contributed by atoms with Gasteiger partial charge in [-0.3, -0.25) is 9.59 Å². The average molecular weight is 386 g/mol. The molecule has 0 spiro atoms. The first-order valence-electron chi connectivity index (χ1n) is 8.10. The lowest BCUT2D eigenvalue weighted by atomic mass is 10.2. The minimum absolute atomic E-state index is 0.0767. The molecule has 1 aromatic rings. The van der Waals surface area contributed by atoms with E-state index in [1.165, 1.54) is 25.9 Å². The second-order valence-electron chi connectivity index (χ2n) is 5.61. The first kappa shape index (κ1) is 21.6. The molecule has 9 heteroatoms. The molecule has 0 saturated heterocycles. The summed E-state index contributed by atoms with van der Waals surface area (Å²) in [5.41, 5.74) is 0.642. The van der Waals surface area contributed by atoms with Crippen molar-refractivity contribution < 1.29 is 24.2 Å². The molecule has 0 aromatic heterocycles. The van der Waals surface area contributed by atoms with E-state index in [1.807, 2.05) is 0 Å². The van der Waals surface area contributed by atoms with Gasteiger partial charge in [-0.2, -0.15) is 0 Å². The third-order valence-corrected chi connectivity index (χ3v) is 3.92. The van der Waals surface area contributed by atoms with Crippen LogP contribution in [0.4, 0.5) is 5.69 Å². The third kappa shape index (κ3) is 6.79. The highest BCUT2D eigenvalue weighted by molar-refractivity contribution is 6.30. The van der Waals surface area contributed by atoms with Crippen molar-refractivity contribution in [3.05, 3.63) is 23.2 Å². The highest BCUT2D eigenvalue weighted by atomic mass is 35.5. The van der Waals surface area contributed by atoms with Gasteiger partial charge in [0.2, 0.25) is 11.8 Å². The maximum absolute atomic E-state index is 12.4. The zero-order valence-corrected chi connectivity index (χ0v) is 15.8. The lowest BCUT2D eigenvalue weighted by Gasteiger charge is -2.27. The number of methoxy groups -OCH3 is 1. The molecule has 1 unspecified atom stereocenters. The number of carbonyl (C=O) groups excluding carboxylic acids is 2. The van der Waals surface area contributed by atoms with E-state index in [0.717, 1.165) is 0 Å². The zero-order valence-electron chi connectivity index (χ0n) is 15.0. The molecule has 0 fully saturated rings. The van der Waals surface area contributed by atoms with E-state index in [-0.39, 0.29) is 37.9 Å². The fourth-order valence-electron chi connectivity index (χ4n) is 2.29. The molecule has 0 heterocycles. The van der Waals surface area contributed by atoms with Crippen molar-refractivity contribution in [2.75, 3.05) is 32.1 Å². The predicted molar refractivity (Wildman–Crippen MR) is 98.6 cm³/mol. The van der Waals surface area contributed by atoms with Crippen LogP contribution in [0.25, 0.3) is 0 Å². The lowest BCUT2D eigenvalue weighted by molar-refractivity contribution is -0.149. The number of nitrogens with one attached hydrogen (secondary N) is 2. The molecule has 1 atom stereocenters. The highest BCUT2D eigenvalue weighted by Crippen LogP contribution is 2.27. The molecule has 0 aliphatic heterocycles. The largest absolute Gasteiger partial charge is 0.495 e. The fraction of sp³-hybridized carbons (Fsp3) is 0.471. The number of benzene rings is 1. The molecular formula is C17H24ClN3O5. The second kappa shape index (κ2) is 10.5. The Balaban J connectivity index is 2.66. The Bertz CT molecular complexity index is 653. The first-order valence-corrected chi connectivity index (χ1v) is 8.48. The number of ether oxygens (including phenoxy) is 1. The van der Waals surface area contributed by atoms with Gasteiger partial charge < -0.3 is 25.4 Å². The zero-order chi connectivity index (χ0) is 19.7. The van der Waals surface area contributed by atoms with Crippen LogP contribution in [0.1, 0.15) is 20.3 Å². The normalized spacial score (nSPS) is 11.4. The van der Waals surface area contributed by atoms with E-state index in [1.54, 1.807) is 18.2 Å². The van der Waals surface area contributed by atoms with Crippen molar-refractivity contribution in [1.29, 1.82) is 0 Å². The van der Waals surface area contributed by atoms with Crippen molar-refractivity contribution in [2.24, 2.45) is 0 Å². The quantitative estimate of drug-likeness (QED) is 0.564. The molecule has 3 N–H and O–H groups in total. The van der Waals surface area contributed by atoms with Gasteiger partial charge in [-0.15, -0.1) is 0 Å². The molecule has 1 aromatic carbocycles. The summed E-state index contributed by atoms with van der Waals surface area (Å²) >= 11 is 5.95. The number of carboxylic acids is 1. The number of anilines is 1. The fourth-order valence-corrected chi connectivity index (χ4v) is 2.46. The number of carboxylic acid groups (broad SMARTS) is 1. The van der Waals surface area contributed by atoms with E-state index in [2.05, 4.69) is 10.6 Å². The van der Waals surface area contributed by atoms with E-state index < -0.39 is 12.0 Å². The summed E-state index contributed by atoms with van der Waals surface area (Å²) in [4.78, 5) is 35.8. The molecule has 0 aliphatic carbocycles. The SMILES string of the molecule is COc1ccc(Cl)cc1NCCC(=O)N(CCNC(C)=O)C(C)C(=O)O. The minimum Gasteiger partial charge on any atom is -0.495 e. The summed E-state index contributed by atoms with van der Waals surface area (Å²) in [6, 6.07) is 4.09. The lowest BCUT2D eigenvalue weighted by Crippen LogP contribution is -2.47. The Morgan fingerprint density at radius 1 is 1.31 bits per heavy atom. The van der Waals surface area contributed by atoms with Crippen LogP contribution in [0.15, 0.2) is 18.2 Å². The molecule has 2 amide bonds. The summed E-state index contributed by atoms with van der Waals surface area (Å²) in [6.45, 7) is 3.37.